The number of nitrogens with two attached hydrogens (primary N) is 1. The summed E-state index contributed by atoms with van der Waals surface area (Å²) in [5, 5.41) is 0. The highest BCUT2D eigenvalue weighted by Gasteiger charge is 2.09. The van der Waals surface area contributed by atoms with E-state index in [-0.39, 0.29) is 6.04 Å². The Balaban J connectivity index is 2.65. The second-order valence-electron chi connectivity index (χ2n) is 4.93. The van der Waals surface area contributed by atoms with E-state index in [0.717, 1.165) is 19.5 Å². The Bertz CT molecular complexity index is 334. The number of benzene rings is 1. The summed E-state index contributed by atoms with van der Waals surface area (Å²) in [4.78, 5) is 4.51. The van der Waals surface area contributed by atoms with E-state index >= 15 is 0 Å². The monoisotopic (exact) mass is 235 g/mol. The average molecular weight is 235 g/mol. The van der Waals surface area contributed by atoms with Crippen LogP contribution < -0.4 is 10.6 Å². The highest BCUT2D eigenvalue weighted by molar-refractivity contribution is 5.54. The molecular formula is C14H25N3. The fourth-order valence-electron chi connectivity index (χ4n) is 1.96. The van der Waals surface area contributed by atoms with Crippen molar-refractivity contribution >= 4 is 5.69 Å². The first-order valence-electron chi connectivity index (χ1n) is 6.22. The van der Waals surface area contributed by atoms with Crippen molar-refractivity contribution < 1.29 is 0 Å². The summed E-state index contributed by atoms with van der Waals surface area (Å²) < 4.78 is 0. The molecule has 0 aliphatic heterocycles. The molecule has 0 aromatic heterocycles. The molecule has 0 fully saturated rings. The second kappa shape index (κ2) is 6.62. The zero-order chi connectivity index (χ0) is 12.8. The summed E-state index contributed by atoms with van der Waals surface area (Å²) in [6.07, 6.45) is 1.16. The van der Waals surface area contributed by atoms with Gasteiger partial charge in [-0.05, 0) is 45.6 Å². The molecule has 1 aromatic rings. The molecule has 2 N–H and O–H groups in total. The predicted octanol–water partition coefficient (Wildman–Crippen LogP) is 2.09. The van der Waals surface area contributed by atoms with Gasteiger partial charge in [0.25, 0.3) is 0 Å². The van der Waals surface area contributed by atoms with Gasteiger partial charge in [0.15, 0.2) is 0 Å². The summed E-state index contributed by atoms with van der Waals surface area (Å²) >= 11 is 0. The predicted molar refractivity (Wildman–Crippen MR) is 75.5 cm³/mol. The van der Waals surface area contributed by atoms with Crippen LogP contribution in [-0.4, -0.2) is 39.1 Å². The highest BCUT2D eigenvalue weighted by Crippen LogP contribution is 2.23. The fraction of sp³-hybridized carbons (Fsp3) is 0.571. The van der Waals surface area contributed by atoms with Gasteiger partial charge in [-0.25, -0.2) is 0 Å². The van der Waals surface area contributed by atoms with Crippen LogP contribution in [0.15, 0.2) is 24.3 Å². The van der Waals surface area contributed by atoms with Crippen LogP contribution in [0.4, 0.5) is 5.69 Å². The lowest BCUT2D eigenvalue weighted by Crippen LogP contribution is -2.25. The molecule has 0 aliphatic rings. The lowest BCUT2D eigenvalue weighted by atomic mass is 10.1. The lowest BCUT2D eigenvalue weighted by Gasteiger charge is -2.24. The van der Waals surface area contributed by atoms with Crippen molar-refractivity contribution in [2.75, 3.05) is 39.1 Å². The SMILES string of the molecule is C[C@@H](N)c1ccccc1N(C)CCCN(C)C. The molecule has 0 saturated carbocycles. The van der Waals surface area contributed by atoms with Crippen LogP contribution in [0.1, 0.15) is 24.9 Å². The third kappa shape index (κ3) is 4.36. The lowest BCUT2D eigenvalue weighted by molar-refractivity contribution is 0.401. The number of para-hydroxylation sites is 1. The standard InChI is InChI=1S/C14H25N3/c1-12(15)13-8-5-6-9-14(13)17(4)11-7-10-16(2)3/h5-6,8-9,12H,7,10-11,15H2,1-4H3/t12-/m1/s1. The Labute approximate surface area is 105 Å². The maximum atomic E-state index is 5.99. The molecule has 3 nitrogen and oxygen atoms in total. The Morgan fingerprint density at radius 3 is 2.35 bits per heavy atom. The van der Waals surface area contributed by atoms with Gasteiger partial charge >= 0.3 is 0 Å². The smallest absolute Gasteiger partial charge is 0.0411 e. The van der Waals surface area contributed by atoms with Crippen molar-refractivity contribution in [2.24, 2.45) is 5.73 Å². The molecule has 0 heterocycles. The van der Waals surface area contributed by atoms with Crippen LogP contribution >= 0.6 is 0 Å². The number of hydrogen-bond acceptors (Lipinski definition) is 3. The third-order valence-electron chi connectivity index (χ3n) is 2.94. The molecule has 17 heavy (non-hydrogen) atoms. The molecule has 0 bridgehead atoms. The van der Waals surface area contributed by atoms with Gasteiger partial charge in [-0.2, -0.15) is 0 Å². The maximum Gasteiger partial charge on any atom is 0.0411 e. The van der Waals surface area contributed by atoms with Crippen molar-refractivity contribution in [1.82, 2.24) is 4.90 Å². The minimum atomic E-state index is 0.0856. The first-order valence-corrected chi connectivity index (χ1v) is 6.22. The van der Waals surface area contributed by atoms with Gasteiger partial charge in [-0.15, -0.1) is 0 Å². The van der Waals surface area contributed by atoms with Crippen molar-refractivity contribution in [3.05, 3.63) is 29.8 Å². The Morgan fingerprint density at radius 2 is 1.76 bits per heavy atom. The quantitative estimate of drug-likeness (QED) is 0.819. The topological polar surface area (TPSA) is 32.5 Å². The highest BCUT2D eigenvalue weighted by atomic mass is 15.1. The second-order valence-corrected chi connectivity index (χ2v) is 4.93. The van der Waals surface area contributed by atoms with E-state index in [9.17, 15) is 0 Å². The number of anilines is 1. The van der Waals surface area contributed by atoms with Crippen molar-refractivity contribution in [3.8, 4) is 0 Å². The third-order valence-corrected chi connectivity index (χ3v) is 2.94. The number of nitrogens with zero attached hydrogens (tertiary/aromatic N) is 2. The normalized spacial score (nSPS) is 12.8. The van der Waals surface area contributed by atoms with E-state index in [1.807, 2.05) is 6.92 Å². The van der Waals surface area contributed by atoms with Crippen molar-refractivity contribution in [3.63, 3.8) is 0 Å². The molecule has 0 amide bonds. The molecule has 3 heteroatoms. The zero-order valence-corrected chi connectivity index (χ0v) is 11.5. The van der Waals surface area contributed by atoms with Gasteiger partial charge in [-0.3, -0.25) is 0 Å². The van der Waals surface area contributed by atoms with Gasteiger partial charge in [0.2, 0.25) is 0 Å². The van der Waals surface area contributed by atoms with Gasteiger partial charge in [0.1, 0.15) is 0 Å². The van der Waals surface area contributed by atoms with E-state index in [2.05, 4.69) is 55.2 Å². The van der Waals surface area contributed by atoms with Crippen molar-refractivity contribution in [2.45, 2.75) is 19.4 Å². The molecule has 0 radical (unpaired) electrons. The van der Waals surface area contributed by atoms with Gasteiger partial charge in [0.05, 0.1) is 0 Å². The van der Waals surface area contributed by atoms with E-state index in [1.54, 1.807) is 0 Å². The maximum absolute atomic E-state index is 5.99. The van der Waals surface area contributed by atoms with E-state index in [1.165, 1.54) is 11.3 Å². The Morgan fingerprint density at radius 1 is 1.12 bits per heavy atom. The van der Waals surface area contributed by atoms with Crippen molar-refractivity contribution in [1.29, 1.82) is 0 Å². The Kier molecular flexibility index (Phi) is 5.45. The van der Waals surface area contributed by atoms with Crippen LogP contribution in [0.2, 0.25) is 0 Å². The molecule has 0 unspecified atom stereocenters. The molecule has 0 spiro atoms. The largest absolute Gasteiger partial charge is 0.374 e. The van der Waals surface area contributed by atoms with Crippen LogP contribution in [0.3, 0.4) is 0 Å². The molecule has 1 rings (SSSR count). The Hall–Kier alpha value is -1.06. The molecule has 0 saturated heterocycles. The van der Waals surface area contributed by atoms with Gasteiger partial charge < -0.3 is 15.5 Å². The summed E-state index contributed by atoms with van der Waals surface area (Å²) in [5.41, 5.74) is 8.47. The molecule has 96 valence electrons. The summed E-state index contributed by atoms with van der Waals surface area (Å²) in [6.45, 7) is 4.21. The fourth-order valence-corrected chi connectivity index (χ4v) is 1.96. The first kappa shape index (κ1) is 14.0. The molecule has 1 atom stereocenters. The van der Waals surface area contributed by atoms with Gasteiger partial charge in [-0.1, -0.05) is 18.2 Å². The molecule has 1 aromatic carbocycles. The van der Waals surface area contributed by atoms with E-state index < -0.39 is 0 Å². The summed E-state index contributed by atoms with van der Waals surface area (Å²) in [5.74, 6) is 0. The summed E-state index contributed by atoms with van der Waals surface area (Å²) in [6, 6.07) is 8.47. The van der Waals surface area contributed by atoms with Gasteiger partial charge in [0, 0.05) is 25.3 Å². The average Bonchev–Trinajstić information content (AvgIpc) is 2.28. The van der Waals surface area contributed by atoms with E-state index in [0.29, 0.717) is 0 Å². The van der Waals surface area contributed by atoms with Crippen LogP contribution in [0, 0.1) is 0 Å². The molecular weight excluding hydrogens is 210 g/mol. The zero-order valence-electron chi connectivity index (χ0n) is 11.5. The summed E-state index contributed by atoms with van der Waals surface area (Å²) in [7, 11) is 6.35. The number of rotatable bonds is 6. The van der Waals surface area contributed by atoms with Crippen LogP contribution in [0.5, 0.6) is 0 Å². The number of hydrogen-bond donors (Lipinski definition) is 1. The first-order chi connectivity index (χ1) is 8.02. The van der Waals surface area contributed by atoms with Crippen LogP contribution in [-0.2, 0) is 0 Å². The minimum absolute atomic E-state index is 0.0856. The molecule has 0 aliphatic carbocycles. The van der Waals surface area contributed by atoms with Crippen LogP contribution in [0.25, 0.3) is 0 Å². The van der Waals surface area contributed by atoms with E-state index in [4.69, 9.17) is 5.73 Å². The minimum Gasteiger partial charge on any atom is -0.374 e.